The Bertz CT molecular complexity index is 1780. The first-order valence-corrected chi connectivity index (χ1v) is 13.2. The molecule has 0 bridgehead atoms. The fourth-order valence-corrected chi connectivity index (χ4v) is 5.69. The van der Waals surface area contributed by atoms with Gasteiger partial charge in [-0.05, 0) is 43.7 Å². The van der Waals surface area contributed by atoms with Gasteiger partial charge in [0.2, 0.25) is 0 Å². The van der Waals surface area contributed by atoms with Crippen LogP contribution in [0.2, 0.25) is 0 Å². The average Bonchev–Trinajstić information content (AvgIpc) is 3.48. The molecule has 38 heavy (non-hydrogen) atoms. The molecule has 0 saturated carbocycles. The lowest BCUT2D eigenvalue weighted by molar-refractivity contribution is -0.384. The Kier molecular flexibility index (Phi) is 6.96. The van der Waals surface area contributed by atoms with Crippen LogP contribution in [0.5, 0.6) is 0 Å². The van der Waals surface area contributed by atoms with Gasteiger partial charge in [-0.1, -0.05) is 57.6 Å². The maximum atomic E-state index is 13.7. The first kappa shape index (κ1) is 25.6. The van der Waals surface area contributed by atoms with E-state index in [2.05, 4.69) is 20.9 Å². The van der Waals surface area contributed by atoms with E-state index in [1.54, 1.807) is 44.2 Å². The van der Waals surface area contributed by atoms with E-state index in [1.807, 2.05) is 30.3 Å². The highest BCUT2D eigenvalue weighted by molar-refractivity contribution is 9.10. The Morgan fingerprint density at radius 3 is 2.71 bits per heavy atom. The topological polar surface area (TPSA) is 117 Å². The highest BCUT2D eigenvalue weighted by atomic mass is 79.9. The van der Waals surface area contributed by atoms with Gasteiger partial charge in [0.25, 0.3) is 11.2 Å². The molecule has 192 valence electrons. The number of nitrogens with zero attached hydrogens (tertiary/aromatic N) is 3. The molecule has 1 atom stereocenters. The molecule has 11 heteroatoms. The van der Waals surface area contributed by atoms with Crippen molar-refractivity contribution in [1.82, 2.24) is 4.57 Å². The molecule has 4 aromatic rings. The van der Waals surface area contributed by atoms with E-state index in [1.165, 1.54) is 22.0 Å². The van der Waals surface area contributed by atoms with Gasteiger partial charge in [0.15, 0.2) is 4.80 Å². The number of allylic oxidation sites excluding steroid dienone is 1. The second kappa shape index (κ2) is 10.3. The van der Waals surface area contributed by atoms with Crippen molar-refractivity contribution < 1.29 is 18.9 Å². The van der Waals surface area contributed by atoms with Gasteiger partial charge in [-0.15, -0.1) is 0 Å². The molecule has 1 aliphatic heterocycles. The van der Waals surface area contributed by atoms with Gasteiger partial charge in [0, 0.05) is 16.6 Å². The normalized spacial score (nSPS) is 15.2. The molecule has 0 fully saturated rings. The molecule has 2 aromatic heterocycles. The molecule has 1 aliphatic rings. The number of hydrogen-bond acceptors (Lipinski definition) is 8. The number of carbonyl (C=O) groups is 1. The van der Waals surface area contributed by atoms with E-state index in [-0.39, 0.29) is 17.9 Å². The van der Waals surface area contributed by atoms with Gasteiger partial charge < -0.3 is 9.15 Å². The minimum absolute atomic E-state index is 0.107. The van der Waals surface area contributed by atoms with E-state index in [0.717, 1.165) is 5.56 Å². The Morgan fingerprint density at radius 2 is 2.00 bits per heavy atom. The predicted molar refractivity (Wildman–Crippen MR) is 145 cm³/mol. The molecule has 0 saturated heterocycles. The number of furan rings is 1. The summed E-state index contributed by atoms with van der Waals surface area (Å²) in [6.45, 7) is 3.64. The molecule has 0 amide bonds. The highest BCUT2D eigenvalue weighted by Crippen LogP contribution is 2.34. The molecular weight excluding hydrogens is 574 g/mol. The summed E-state index contributed by atoms with van der Waals surface area (Å²) in [6.07, 6.45) is 1.57. The van der Waals surface area contributed by atoms with Crippen LogP contribution in [0.3, 0.4) is 0 Å². The monoisotopic (exact) mass is 593 g/mol. The van der Waals surface area contributed by atoms with E-state index in [4.69, 9.17) is 9.15 Å². The molecule has 0 unspecified atom stereocenters. The fraction of sp³-hybridized carbons (Fsp3) is 0.148. The molecule has 0 aliphatic carbocycles. The average molecular weight is 594 g/mol. The van der Waals surface area contributed by atoms with Crippen molar-refractivity contribution in [3.05, 3.63) is 118 Å². The number of benzene rings is 2. The van der Waals surface area contributed by atoms with E-state index in [9.17, 15) is 19.7 Å². The molecule has 0 radical (unpaired) electrons. The number of ether oxygens (including phenoxy) is 1. The van der Waals surface area contributed by atoms with E-state index >= 15 is 0 Å². The van der Waals surface area contributed by atoms with Crippen molar-refractivity contribution in [2.45, 2.75) is 19.9 Å². The fourth-order valence-electron chi connectivity index (χ4n) is 4.31. The van der Waals surface area contributed by atoms with Crippen molar-refractivity contribution in [1.29, 1.82) is 0 Å². The van der Waals surface area contributed by atoms with Crippen LogP contribution in [0.4, 0.5) is 5.69 Å². The number of rotatable bonds is 6. The zero-order chi connectivity index (χ0) is 27.0. The van der Waals surface area contributed by atoms with Crippen LogP contribution in [0.15, 0.2) is 90.6 Å². The van der Waals surface area contributed by atoms with Crippen molar-refractivity contribution in [2.24, 2.45) is 4.99 Å². The maximum absolute atomic E-state index is 13.7. The number of fused-ring (bicyclic) bond motifs is 1. The molecule has 9 nitrogen and oxygen atoms in total. The van der Waals surface area contributed by atoms with Crippen molar-refractivity contribution in [3.63, 3.8) is 0 Å². The largest absolute Gasteiger partial charge is 0.463 e. The SMILES string of the molecule is CCOC(=O)C1=C(C)N=c2s/c(=C/c3ccc(-c4ccc(Br)cc4[N+](=O)[O-])o3)c(=O)n2[C@@H]1c1ccccc1. The summed E-state index contributed by atoms with van der Waals surface area (Å²) in [5.74, 6) is 0.120. The van der Waals surface area contributed by atoms with Crippen molar-refractivity contribution in [2.75, 3.05) is 6.61 Å². The zero-order valence-corrected chi connectivity index (χ0v) is 22.6. The van der Waals surface area contributed by atoms with E-state index in [0.29, 0.717) is 42.2 Å². The summed E-state index contributed by atoms with van der Waals surface area (Å²) in [6, 6.07) is 16.5. The lowest BCUT2D eigenvalue weighted by atomic mass is 9.96. The first-order valence-electron chi connectivity index (χ1n) is 11.6. The van der Waals surface area contributed by atoms with Crippen molar-refractivity contribution in [3.8, 4) is 11.3 Å². The third kappa shape index (κ3) is 4.66. The number of nitro benzene ring substituents is 1. The second-order valence-electron chi connectivity index (χ2n) is 8.33. The molecule has 3 heterocycles. The molecule has 2 aromatic carbocycles. The van der Waals surface area contributed by atoms with Gasteiger partial charge in [-0.3, -0.25) is 19.5 Å². The highest BCUT2D eigenvalue weighted by Gasteiger charge is 2.33. The van der Waals surface area contributed by atoms with Gasteiger partial charge in [0.05, 0.1) is 38.9 Å². The van der Waals surface area contributed by atoms with Gasteiger partial charge in [0.1, 0.15) is 11.5 Å². The molecular formula is C27H20BrN3O6S. The first-order chi connectivity index (χ1) is 18.3. The predicted octanol–water partition coefficient (Wildman–Crippen LogP) is 4.73. The lowest BCUT2D eigenvalue weighted by Gasteiger charge is -2.24. The number of halogens is 1. The molecule has 0 spiro atoms. The molecule has 0 N–H and O–H groups in total. The van der Waals surface area contributed by atoms with Gasteiger partial charge in [-0.25, -0.2) is 9.79 Å². The third-order valence-corrected chi connectivity index (χ3v) is 7.43. The summed E-state index contributed by atoms with van der Waals surface area (Å²) < 4.78 is 13.6. The number of hydrogen-bond donors (Lipinski definition) is 0. The zero-order valence-electron chi connectivity index (χ0n) is 20.2. The van der Waals surface area contributed by atoms with Crippen LogP contribution in [-0.4, -0.2) is 22.1 Å². The Morgan fingerprint density at radius 1 is 1.24 bits per heavy atom. The number of esters is 1. The van der Waals surface area contributed by atoms with Crippen LogP contribution in [-0.2, 0) is 9.53 Å². The maximum Gasteiger partial charge on any atom is 0.338 e. The Labute approximate surface area is 228 Å². The van der Waals surface area contributed by atoms with Crippen LogP contribution in [0.1, 0.15) is 31.2 Å². The van der Waals surface area contributed by atoms with Crippen molar-refractivity contribution >= 4 is 45.0 Å². The summed E-state index contributed by atoms with van der Waals surface area (Å²) in [7, 11) is 0. The van der Waals surface area contributed by atoms with Gasteiger partial charge >= 0.3 is 5.97 Å². The van der Waals surface area contributed by atoms with Crippen LogP contribution < -0.4 is 14.9 Å². The van der Waals surface area contributed by atoms with Crippen LogP contribution in [0, 0.1) is 10.1 Å². The third-order valence-electron chi connectivity index (χ3n) is 5.95. The summed E-state index contributed by atoms with van der Waals surface area (Å²) in [5, 5.41) is 11.5. The minimum Gasteiger partial charge on any atom is -0.463 e. The van der Waals surface area contributed by atoms with E-state index < -0.39 is 16.9 Å². The summed E-state index contributed by atoms with van der Waals surface area (Å²) in [5.41, 5.74) is 1.40. The number of carbonyl (C=O) groups excluding carboxylic acids is 1. The molecule has 5 rings (SSSR count). The standard InChI is InChI=1S/C27H20BrN3O6S/c1-3-36-26(33)23-15(2)29-27-30(24(23)16-7-5-4-6-8-16)25(32)22(38-27)14-18-10-12-21(37-18)19-11-9-17(28)13-20(19)31(34)35/h4-14,24H,3H2,1-2H3/b22-14+/t24-/m1/s1. The second-order valence-corrected chi connectivity index (χ2v) is 10.3. The minimum atomic E-state index is -0.703. The quantitative estimate of drug-likeness (QED) is 0.181. The number of nitro groups is 1. The number of aromatic nitrogens is 1. The van der Waals surface area contributed by atoms with Gasteiger partial charge in [-0.2, -0.15) is 0 Å². The van der Waals surface area contributed by atoms with Crippen LogP contribution >= 0.6 is 27.3 Å². The number of thiazole rings is 1. The smallest absolute Gasteiger partial charge is 0.338 e. The Hall–Kier alpha value is -4.09. The lowest BCUT2D eigenvalue weighted by Crippen LogP contribution is -2.39. The summed E-state index contributed by atoms with van der Waals surface area (Å²) in [4.78, 5) is 42.6. The van der Waals surface area contributed by atoms with Crippen LogP contribution in [0.25, 0.3) is 17.4 Å². The Balaban J connectivity index is 1.63. The summed E-state index contributed by atoms with van der Waals surface area (Å²) >= 11 is 4.42.